The van der Waals surface area contributed by atoms with Gasteiger partial charge in [-0.3, -0.25) is 4.79 Å². The molecule has 7 nitrogen and oxygen atoms in total. The summed E-state index contributed by atoms with van der Waals surface area (Å²) in [7, 11) is 7.23. The average Bonchev–Trinajstić information content (AvgIpc) is 3.26. The van der Waals surface area contributed by atoms with Crippen molar-refractivity contribution < 1.29 is 19.0 Å². The first-order valence-corrected chi connectivity index (χ1v) is 11.2. The Labute approximate surface area is 193 Å². The average molecular weight is 456 g/mol. The Hall–Kier alpha value is -3.10. The standard InChI is InChI=1S/C24H29N3O4S/c1-27(2)11-12-31-20-8-5-17(6-9-20)15-25-23(28)14-19-16-32-24(26-19)18-7-10-21(29-3)22(13-18)30-4/h5-10,13,16H,11-12,14-15H2,1-4H3,(H,25,28). The number of rotatable bonds is 11. The molecule has 3 rings (SSSR count). The fraction of sp³-hybridized carbons (Fsp3) is 0.333. The highest BCUT2D eigenvalue weighted by Crippen LogP contribution is 2.33. The number of carbonyl (C=O) groups is 1. The Morgan fingerprint density at radius 1 is 1.06 bits per heavy atom. The van der Waals surface area contributed by atoms with Crippen LogP contribution in [0.25, 0.3) is 10.6 Å². The lowest BCUT2D eigenvalue weighted by molar-refractivity contribution is -0.120. The van der Waals surface area contributed by atoms with Crippen LogP contribution in [0, 0.1) is 0 Å². The van der Waals surface area contributed by atoms with Gasteiger partial charge in [-0.15, -0.1) is 11.3 Å². The molecule has 0 saturated heterocycles. The number of nitrogens with one attached hydrogen (secondary N) is 1. The molecule has 8 heteroatoms. The summed E-state index contributed by atoms with van der Waals surface area (Å²) in [4.78, 5) is 19.0. The van der Waals surface area contributed by atoms with Gasteiger partial charge in [0.2, 0.25) is 5.91 Å². The Morgan fingerprint density at radius 3 is 2.50 bits per heavy atom. The quantitative estimate of drug-likeness (QED) is 0.476. The van der Waals surface area contributed by atoms with Crippen LogP contribution < -0.4 is 19.5 Å². The summed E-state index contributed by atoms with van der Waals surface area (Å²) in [5.74, 6) is 2.07. The molecule has 170 valence electrons. The highest BCUT2D eigenvalue weighted by atomic mass is 32.1. The van der Waals surface area contributed by atoms with Crippen LogP contribution in [0.1, 0.15) is 11.3 Å². The van der Waals surface area contributed by atoms with Crippen molar-refractivity contribution in [3.05, 3.63) is 59.1 Å². The second kappa shape index (κ2) is 11.5. The highest BCUT2D eigenvalue weighted by Gasteiger charge is 2.12. The number of methoxy groups -OCH3 is 2. The molecule has 0 aliphatic rings. The maximum absolute atomic E-state index is 12.4. The van der Waals surface area contributed by atoms with Crippen LogP contribution >= 0.6 is 11.3 Å². The van der Waals surface area contributed by atoms with Gasteiger partial charge in [-0.1, -0.05) is 12.1 Å². The van der Waals surface area contributed by atoms with E-state index >= 15 is 0 Å². The number of ether oxygens (including phenoxy) is 3. The number of likely N-dealkylation sites (N-methyl/N-ethyl adjacent to an activating group) is 1. The van der Waals surface area contributed by atoms with Crippen molar-refractivity contribution >= 4 is 17.2 Å². The van der Waals surface area contributed by atoms with Crippen molar-refractivity contribution in [2.45, 2.75) is 13.0 Å². The third-order valence-electron chi connectivity index (χ3n) is 4.74. The monoisotopic (exact) mass is 455 g/mol. The van der Waals surface area contributed by atoms with Gasteiger partial charge in [-0.25, -0.2) is 4.98 Å². The van der Waals surface area contributed by atoms with E-state index in [0.717, 1.165) is 34.1 Å². The zero-order chi connectivity index (χ0) is 22.9. The molecule has 1 N–H and O–H groups in total. The Bertz CT molecular complexity index is 1020. The second-order valence-corrected chi connectivity index (χ2v) is 8.32. The summed E-state index contributed by atoms with van der Waals surface area (Å²) in [6.45, 7) is 1.97. The molecule has 1 heterocycles. The largest absolute Gasteiger partial charge is 0.493 e. The van der Waals surface area contributed by atoms with Crippen molar-refractivity contribution in [3.63, 3.8) is 0 Å². The SMILES string of the molecule is COc1ccc(-c2nc(CC(=O)NCc3ccc(OCCN(C)C)cc3)cs2)cc1OC. The summed E-state index contributed by atoms with van der Waals surface area (Å²) in [6, 6.07) is 13.4. The van der Waals surface area contributed by atoms with Crippen molar-refractivity contribution in [1.82, 2.24) is 15.2 Å². The van der Waals surface area contributed by atoms with E-state index in [1.165, 1.54) is 11.3 Å². The molecule has 0 atom stereocenters. The lowest BCUT2D eigenvalue weighted by Crippen LogP contribution is -2.24. The van der Waals surface area contributed by atoms with Crippen molar-refractivity contribution in [3.8, 4) is 27.8 Å². The maximum atomic E-state index is 12.4. The summed E-state index contributed by atoms with van der Waals surface area (Å²) < 4.78 is 16.3. The summed E-state index contributed by atoms with van der Waals surface area (Å²) >= 11 is 1.50. The van der Waals surface area contributed by atoms with Crippen LogP contribution in [0.15, 0.2) is 47.8 Å². The van der Waals surface area contributed by atoms with E-state index in [1.807, 2.05) is 61.9 Å². The number of amides is 1. The zero-order valence-corrected chi connectivity index (χ0v) is 19.7. The minimum absolute atomic E-state index is 0.0690. The van der Waals surface area contributed by atoms with E-state index in [1.54, 1.807) is 14.2 Å². The second-order valence-electron chi connectivity index (χ2n) is 7.46. The Kier molecular flexibility index (Phi) is 8.47. The van der Waals surface area contributed by atoms with Gasteiger partial charge in [0.1, 0.15) is 17.4 Å². The minimum Gasteiger partial charge on any atom is -0.493 e. The molecular weight excluding hydrogens is 426 g/mol. The molecule has 3 aromatic rings. The van der Waals surface area contributed by atoms with Crippen LogP contribution in [-0.2, 0) is 17.8 Å². The molecule has 0 saturated carbocycles. The summed E-state index contributed by atoms with van der Waals surface area (Å²) in [6.07, 6.45) is 0.232. The number of benzene rings is 2. The number of nitrogens with zero attached hydrogens (tertiary/aromatic N) is 2. The summed E-state index contributed by atoms with van der Waals surface area (Å²) in [5, 5.41) is 5.69. The number of hydrogen-bond acceptors (Lipinski definition) is 7. The first-order valence-electron chi connectivity index (χ1n) is 10.3. The van der Waals surface area contributed by atoms with Gasteiger partial charge in [0.05, 0.1) is 26.3 Å². The van der Waals surface area contributed by atoms with E-state index < -0.39 is 0 Å². The van der Waals surface area contributed by atoms with Gasteiger partial charge in [-0.2, -0.15) is 0 Å². The Balaban J connectivity index is 1.50. The lowest BCUT2D eigenvalue weighted by atomic mass is 10.2. The molecule has 0 unspecified atom stereocenters. The molecule has 1 aromatic heterocycles. The molecule has 1 amide bonds. The summed E-state index contributed by atoms with van der Waals surface area (Å²) in [5.41, 5.74) is 2.68. The van der Waals surface area contributed by atoms with Gasteiger partial charge >= 0.3 is 0 Å². The van der Waals surface area contributed by atoms with Gasteiger partial charge < -0.3 is 24.4 Å². The lowest BCUT2D eigenvalue weighted by Gasteiger charge is -2.11. The minimum atomic E-state index is -0.0690. The highest BCUT2D eigenvalue weighted by molar-refractivity contribution is 7.13. The van der Waals surface area contributed by atoms with Crippen molar-refractivity contribution in [1.29, 1.82) is 0 Å². The number of aromatic nitrogens is 1. The van der Waals surface area contributed by atoms with Crippen LogP contribution in [0.2, 0.25) is 0 Å². The van der Waals surface area contributed by atoms with Crippen LogP contribution in [0.3, 0.4) is 0 Å². The van der Waals surface area contributed by atoms with Gasteiger partial charge in [-0.05, 0) is 50.0 Å². The maximum Gasteiger partial charge on any atom is 0.226 e. The Morgan fingerprint density at radius 2 is 1.81 bits per heavy atom. The zero-order valence-electron chi connectivity index (χ0n) is 18.9. The molecule has 0 fully saturated rings. The van der Waals surface area contributed by atoms with Gasteiger partial charge in [0, 0.05) is 24.0 Å². The topological polar surface area (TPSA) is 72.9 Å². The molecule has 0 aliphatic carbocycles. The first-order chi connectivity index (χ1) is 15.5. The molecule has 32 heavy (non-hydrogen) atoms. The number of carbonyl (C=O) groups excluding carboxylic acids is 1. The fourth-order valence-corrected chi connectivity index (χ4v) is 3.78. The number of hydrogen-bond donors (Lipinski definition) is 1. The molecule has 0 radical (unpaired) electrons. The smallest absolute Gasteiger partial charge is 0.226 e. The van der Waals surface area contributed by atoms with Crippen molar-refractivity contribution in [2.24, 2.45) is 0 Å². The van der Waals surface area contributed by atoms with Crippen molar-refractivity contribution in [2.75, 3.05) is 41.5 Å². The van der Waals surface area contributed by atoms with Crippen LogP contribution in [0.5, 0.6) is 17.2 Å². The van der Waals surface area contributed by atoms with Gasteiger partial charge in [0.25, 0.3) is 0 Å². The predicted molar refractivity (Wildman–Crippen MR) is 127 cm³/mol. The molecule has 0 aliphatic heterocycles. The van der Waals surface area contributed by atoms with Crippen LogP contribution in [0.4, 0.5) is 0 Å². The normalized spacial score (nSPS) is 10.8. The first kappa shape index (κ1) is 23.6. The van der Waals surface area contributed by atoms with E-state index in [0.29, 0.717) is 24.7 Å². The molecule has 0 spiro atoms. The van der Waals surface area contributed by atoms with E-state index in [-0.39, 0.29) is 12.3 Å². The molecule has 2 aromatic carbocycles. The molecular formula is C24H29N3O4S. The predicted octanol–water partition coefficient (Wildman–Crippen LogP) is 3.63. The van der Waals surface area contributed by atoms with E-state index in [9.17, 15) is 4.79 Å². The van der Waals surface area contributed by atoms with E-state index in [2.05, 4.69) is 15.2 Å². The fourth-order valence-electron chi connectivity index (χ4n) is 2.97. The molecule has 0 bridgehead atoms. The third-order valence-corrected chi connectivity index (χ3v) is 5.68. The third kappa shape index (κ3) is 6.70. The van der Waals surface area contributed by atoms with E-state index in [4.69, 9.17) is 14.2 Å². The number of thiazole rings is 1. The van der Waals surface area contributed by atoms with Gasteiger partial charge in [0.15, 0.2) is 11.5 Å². The van der Waals surface area contributed by atoms with Crippen LogP contribution in [-0.4, -0.2) is 57.3 Å².